The molecule has 0 aliphatic heterocycles. The first-order valence-electron chi connectivity index (χ1n) is 31.3. The highest BCUT2D eigenvalue weighted by molar-refractivity contribution is 5.76. The monoisotopic (exact) mass is 984 g/mol. The molecule has 70 heavy (non-hydrogen) atoms. The van der Waals surface area contributed by atoms with Gasteiger partial charge in [0.2, 0.25) is 5.91 Å². The van der Waals surface area contributed by atoms with Crippen LogP contribution >= 0.6 is 0 Å². The Labute approximate surface area is 436 Å². The fourth-order valence-electron chi connectivity index (χ4n) is 9.61. The zero-order chi connectivity index (χ0) is 50.7. The van der Waals surface area contributed by atoms with E-state index in [1.165, 1.54) is 257 Å². The highest BCUT2D eigenvalue weighted by atomic mass is 16.5. The fraction of sp³-hybridized carbons (Fsp3) is 0.875. The lowest BCUT2D eigenvalue weighted by Crippen LogP contribution is -2.45. The van der Waals surface area contributed by atoms with Crippen molar-refractivity contribution in [3.63, 3.8) is 0 Å². The van der Waals surface area contributed by atoms with Crippen molar-refractivity contribution < 1.29 is 24.5 Å². The Morgan fingerprint density at radius 3 is 1.10 bits per heavy atom. The summed E-state index contributed by atoms with van der Waals surface area (Å²) in [6, 6.07) is -0.625. The normalized spacial score (nSPS) is 12.8. The molecular formula is C64H121NO5. The van der Waals surface area contributed by atoms with Crippen LogP contribution in [0.3, 0.4) is 0 Å². The van der Waals surface area contributed by atoms with E-state index < -0.39 is 12.1 Å². The second kappa shape index (κ2) is 59.6. The summed E-state index contributed by atoms with van der Waals surface area (Å²) in [6.07, 6.45) is 74.8. The van der Waals surface area contributed by atoms with Gasteiger partial charge in [-0.3, -0.25) is 9.59 Å². The summed E-state index contributed by atoms with van der Waals surface area (Å²) in [5.41, 5.74) is 0. The Bertz CT molecular complexity index is 1130. The number of hydrogen-bond donors (Lipinski definition) is 3. The number of unbranched alkanes of at least 4 members (excludes halogenated alkanes) is 43. The van der Waals surface area contributed by atoms with Crippen LogP contribution in [-0.4, -0.2) is 47.4 Å². The number of aliphatic hydroxyl groups is 2. The van der Waals surface area contributed by atoms with E-state index in [9.17, 15) is 19.8 Å². The van der Waals surface area contributed by atoms with Crippen LogP contribution in [0.15, 0.2) is 36.5 Å². The standard InChI is InChI=1S/C64H121NO5/c1-3-5-7-9-11-13-15-16-17-18-29-32-35-38-42-46-50-54-58-64(69)70-59-55-51-47-43-39-36-33-30-27-25-23-21-19-20-22-24-26-28-31-34-37-41-45-49-53-57-63(68)65-61(60-66)62(67)56-52-48-44-40-14-12-10-8-6-4-2/h13,15,17-18,52,56,61-62,66-67H,3-12,14,16,19-51,53-55,57-60H2,1-2H3,(H,65,68)/b15-13-,18-17-,56-52+. The molecular weight excluding hydrogens is 863 g/mol. The number of hydrogen-bond acceptors (Lipinski definition) is 5. The van der Waals surface area contributed by atoms with Crippen molar-refractivity contribution in [2.45, 2.75) is 347 Å². The van der Waals surface area contributed by atoms with Crippen LogP contribution in [-0.2, 0) is 14.3 Å². The highest BCUT2D eigenvalue weighted by Crippen LogP contribution is 2.17. The average Bonchev–Trinajstić information content (AvgIpc) is 3.36. The third-order valence-electron chi connectivity index (χ3n) is 14.4. The first kappa shape index (κ1) is 68.1. The van der Waals surface area contributed by atoms with Gasteiger partial charge in [-0.1, -0.05) is 294 Å². The smallest absolute Gasteiger partial charge is 0.305 e. The van der Waals surface area contributed by atoms with Crippen LogP contribution in [0.4, 0.5) is 0 Å². The zero-order valence-corrected chi connectivity index (χ0v) is 47.0. The summed E-state index contributed by atoms with van der Waals surface area (Å²) in [6.45, 7) is 4.88. The summed E-state index contributed by atoms with van der Waals surface area (Å²) < 4.78 is 5.50. The van der Waals surface area contributed by atoms with Crippen LogP contribution in [0.2, 0.25) is 0 Å². The quantitative estimate of drug-likeness (QED) is 0.0321. The van der Waals surface area contributed by atoms with E-state index in [1.807, 2.05) is 6.08 Å². The zero-order valence-electron chi connectivity index (χ0n) is 47.0. The molecule has 0 heterocycles. The molecule has 0 radical (unpaired) electrons. The third kappa shape index (κ3) is 55.4. The molecule has 0 aromatic rings. The van der Waals surface area contributed by atoms with E-state index in [0.717, 1.165) is 51.4 Å². The SMILES string of the molecule is CCCCCC/C=C\C/C=C\CCCCCCCCCC(=O)OCCCCCCCCCCCCCCCCCCCCCCCCCCCC(=O)NC(CO)C(O)/C=C/CCCCCCCCCC. The molecule has 0 saturated heterocycles. The van der Waals surface area contributed by atoms with Gasteiger partial charge in [-0.15, -0.1) is 0 Å². The number of allylic oxidation sites excluding steroid dienone is 5. The summed E-state index contributed by atoms with van der Waals surface area (Å²) in [7, 11) is 0. The van der Waals surface area contributed by atoms with E-state index in [2.05, 4.69) is 43.5 Å². The molecule has 0 aliphatic carbocycles. The number of amides is 1. The Morgan fingerprint density at radius 2 is 0.714 bits per heavy atom. The summed E-state index contributed by atoms with van der Waals surface area (Å²) in [4.78, 5) is 24.5. The molecule has 0 fully saturated rings. The van der Waals surface area contributed by atoms with Gasteiger partial charge in [0.05, 0.1) is 25.4 Å². The minimum atomic E-state index is -0.841. The van der Waals surface area contributed by atoms with Crippen LogP contribution in [0.1, 0.15) is 335 Å². The largest absolute Gasteiger partial charge is 0.466 e. The molecule has 0 bridgehead atoms. The van der Waals surface area contributed by atoms with Crippen molar-refractivity contribution in [2.75, 3.05) is 13.2 Å². The Balaban J connectivity index is 3.35. The van der Waals surface area contributed by atoms with E-state index in [-0.39, 0.29) is 18.5 Å². The molecule has 2 unspecified atom stereocenters. The Kier molecular flexibility index (Phi) is 58.0. The molecule has 0 aromatic heterocycles. The second-order valence-corrected chi connectivity index (χ2v) is 21.4. The Morgan fingerprint density at radius 1 is 0.400 bits per heavy atom. The van der Waals surface area contributed by atoms with Gasteiger partial charge < -0.3 is 20.3 Å². The minimum Gasteiger partial charge on any atom is -0.466 e. The number of ether oxygens (including phenoxy) is 1. The lowest BCUT2D eigenvalue weighted by atomic mass is 10.0. The predicted molar refractivity (Wildman–Crippen MR) is 306 cm³/mol. The molecule has 1 amide bonds. The van der Waals surface area contributed by atoms with E-state index >= 15 is 0 Å². The predicted octanol–water partition coefficient (Wildman–Crippen LogP) is 19.6. The molecule has 0 rings (SSSR count). The number of esters is 1. The number of carbonyl (C=O) groups is 2. The average molecular weight is 985 g/mol. The van der Waals surface area contributed by atoms with Crippen molar-refractivity contribution >= 4 is 11.9 Å². The molecule has 0 spiro atoms. The lowest BCUT2D eigenvalue weighted by Gasteiger charge is -2.20. The summed E-state index contributed by atoms with van der Waals surface area (Å²) >= 11 is 0. The van der Waals surface area contributed by atoms with Gasteiger partial charge in [-0.25, -0.2) is 0 Å². The second-order valence-electron chi connectivity index (χ2n) is 21.4. The van der Waals surface area contributed by atoms with E-state index in [1.54, 1.807) is 6.08 Å². The van der Waals surface area contributed by atoms with Gasteiger partial charge in [-0.05, 0) is 64.2 Å². The first-order valence-corrected chi connectivity index (χ1v) is 31.3. The van der Waals surface area contributed by atoms with Crippen LogP contribution in [0.25, 0.3) is 0 Å². The molecule has 6 heteroatoms. The molecule has 0 aliphatic rings. The number of nitrogens with one attached hydrogen (secondary N) is 1. The van der Waals surface area contributed by atoms with Crippen molar-refractivity contribution in [1.82, 2.24) is 5.32 Å². The number of aliphatic hydroxyl groups excluding tert-OH is 2. The van der Waals surface area contributed by atoms with Gasteiger partial charge >= 0.3 is 5.97 Å². The number of rotatable bonds is 58. The molecule has 6 nitrogen and oxygen atoms in total. The van der Waals surface area contributed by atoms with Crippen LogP contribution in [0, 0.1) is 0 Å². The van der Waals surface area contributed by atoms with Gasteiger partial charge in [-0.2, -0.15) is 0 Å². The third-order valence-corrected chi connectivity index (χ3v) is 14.4. The van der Waals surface area contributed by atoms with E-state index in [4.69, 9.17) is 4.74 Å². The van der Waals surface area contributed by atoms with E-state index in [0.29, 0.717) is 19.4 Å². The highest BCUT2D eigenvalue weighted by Gasteiger charge is 2.18. The maximum atomic E-state index is 12.4. The van der Waals surface area contributed by atoms with Gasteiger partial charge in [0.15, 0.2) is 0 Å². The van der Waals surface area contributed by atoms with Gasteiger partial charge in [0, 0.05) is 12.8 Å². The molecule has 2 atom stereocenters. The molecule has 0 saturated carbocycles. The first-order chi connectivity index (χ1) is 34.5. The van der Waals surface area contributed by atoms with Crippen molar-refractivity contribution in [3.8, 4) is 0 Å². The van der Waals surface area contributed by atoms with Crippen LogP contribution in [0.5, 0.6) is 0 Å². The summed E-state index contributed by atoms with van der Waals surface area (Å²) in [5.74, 6) is -0.0592. The maximum absolute atomic E-state index is 12.4. The molecule has 0 aromatic carbocycles. The van der Waals surface area contributed by atoms with Crippen molar-refractivity contribution in [2.24, 2.45) is 0 Å². The van der Waals surface area contributed by atoms with Crippen LogP contribution < -0.4 is 5.32 Å². The van der Waals surface area contributed by atoms with Gasteiger partial charge in [0.25, 0.3) is 0 Å². The maximum Gasteiger partial charge on any atom is 0.305 e. The lowest BCUT2D eigenvalue weighted by molar-refractivity contribution is -0.143. The molecule has 3 N–H and O–H groups in total. The molecule has 412 valence electrons. The Hall–Kier alpha value is -1.92. The summed E-state index contributed by atoms with van der Waals surface area (Å²) in [5, 5.41) is 23.0. The van der Waals surface area contributed by atoms with Gasteiger partial charge in [0.1, 0.15) is 0 Å². The van der Waals surface area contributed by atoms with Crippen molar-refractivity contribution in [3.05, 3.63) is 36.5 Å². The fourth-order valence-corrected chi connectivity index (χ4v) is 9.61. The minimum absolute atomic E-state index is 0.00850. The van der Waals surface area contributed by atoms with Crippen molar-refractivity contribution in [1.29, 1.82) is 0 Å². The topological polar surface area (TPSA) is 95.9 Å². The number of carbonyl (C=O) groups excluding carboxylic acids is 2.